The number of para-hydroxylation sites is 2. The predicted molar refractivity (Wildman–Crippen MR) is 112 cm³/mol. The Morgan fingerprint density at radius 3 is 2.52 bits per heavy atom. The van der Waals surface area contributed by atoms with Crippen LogP contribution < -0.4 is 0 Å². The van der Waals surface area contributed by atoms with Crippen LogP contribution in [0.5, 0.6) is 0 Å². The summed E-state index contributed by atoms with van der Waals surface area (Å²) in [5.41, 5.74) is 2.86. The second-order valence-electron chi connectivity index (χ2n) is 7.36. The molecule has 1 aromatic heterocycles. The molecule has 1 aliphatic carbocycles. The zero-order valence-electron chi connectivity index (χ0n) is 15.8. The molecule has 5 heteroatoms. The van der Waals surface area contributed by atoms with Crippen LogP contribution in [0.3, 0.4) is 0 Å². The first-order valence-corrected chi connectivity index (χ1v) is 10.3. The summed E-state index contributed by atoms with van der Waals surface area (Å²) in [7, 11) is 1.90. The minimum Gasteiger partial charge on any atom is -0.338 e. The summed E-state index contributed by atoms with van der Waals surface area (Å²) in [5, 5.41) is 0. The summed E-state index contributed by atoms with van der Waals surface area (Å²) in [4.78, 5) is 20.1. The van der Waals surface area contributed by atoms with Gasteiger partial charge in [0.25, 0.3) is 0 Å². The highest BCUT2D eigenvalue weighted by atomic mass is 79.9. The molecule has 0 bridgehead atoms. The molecule has 1 heterocycles. The number of carbonyl (C=O) groups excluding carboxylic acids is 1. The average molecular weight is 426 g/mol. The molecule has 1 amide bonds. The van der Waals surface area contributed by atoms with E-state index in [4.69, 9.17) is 4.98 Å². The molecule has 4 rings (SSSR count). The Bertz CT molecular complexity index is 973. The van der Waals surface area contributed by atoms with E-state index in [9.17, 15) is 4.79 Å². The van der Waals surface area contributed by atoms with E-state index in [0.717, 1.165) is 52.7 Å². The first-order valence-electron chi connectivity index (χ1n) is 9.51. The summed E-state index contributed by atoms with van der Waals surface area (Å²) >= 11 is 3.49. The number of halogens is 1. The third kappa shape index (κ3) is 3.08. The Morgan fingerprint density at radius 2 is 1.89 bits per heavy atom. The van der Waals surface area contributed by atoms with E-state index in [1.807, 2.05) is 42.3 Å². The number of hydrogen-bond donors (Lipinski definition) is 0. The van der Waals surface area contributed by atoms with Gasteiger partial charge in [-0.15, -0.1) is 0 Å². The molecule has 1 fully saturated rings. The molecule has 3 aromatic rings. The average Bonchev–Trinajstić information content (AvgIpc) is 2.99. The van der Waals surface area contributed by atoms with Crippen LogP contribution in [0.25, 0.3) is 11.0 Å². The van der Waals surface area contributed by atoms with Crippen molar-refractivity contribution in [2.45, 2.75) is 44.7 Å². The number of imidazole rings is 1. The number of nitrogens with zero attached hydrogens (tertiary/aromatic N) is 3. The van der Waals surface area contributed by atoms with Crippen LogP contribution in [0.15, 0.2) is 53.0 Å². The number of hydrogen-bond acceptors (Lipinski definition) is 2. The van der Waals surface area contributed by atoms with E-state index in [0.29, 0.717) is 6.54 Å². The van der Waals surface area contributed by atoms with Gasteiger partial charge in [-0.25, -0.2) is 4.98 Å². The van der Waals surface area contributed by atoms with E-state index >= 15 is 0 Å². The van der Waals surface area contributed by atoms with Gasteiger partial charge in [0.15, 0.2) is 0 Å². The number of fused-ring (bicyclic) bond motifs is 1. The van der Waals surface area contributed by atoms with Gasteiger partial charge in [0, 0.05) is 18.1 Å². The summed E-state index contributed by atoms with van der Waals surface area (Å²) in [6.07, 6.45) is 2.94. The van der Waals surface area contributed by atoms with E-state index in [1.54, 1.807) is 0 Å². The van der Waals surface area contributed by atoms with Gasteiger partial charge in [0.1, 0.15) is 5.82 Å². The van der Waals surface area contributed by atoms with E-state index in [-0.39, 0.29) is 11.3 Å². The smallest absolute Gasteiger partial charge is 0.233 e. The van der Waals surface area contributed by atoms with Gasteiger partial charge in [0.2, 0.25) is 5.91 Å². The fourth-order valence-corrected chi connectivity index (χ4v) is 4.44. The third-order valence-electron chi connectivity index (χ3n) is 5.79. The van der Waals surface area contributed by atoms with Crippen LogP contribution in [0.4, 0.5) is 0 Å². The van der Waals surface area contributed by atoms with E-state index in [1.165, 1.54) is 0 Å². The second kappa shape index (κ2) is 7.12. The molecule has 0 radical (unpaired) electrons. The predicted octanol–water partition coefficient (Wildman–Crippen LogP) is 4.90. The lowest BCUT2D eigenvalue weighted by Crippen LogP contribution is -2.49. The highest BCUT2D eigenvalue weighted by Gasteiger charge is 2.47. The quantitative estimate of drug-likeness (QED) is 0.582. The van der Waals surface area contributed by atoms with E-state index in [2.05, 4.69) is 45.6 Å². The molecule has 27 heavy (non-hydrogen) atoms. The standard InChI is InChI=1S/C22H24BrN3O/c1-3-26-19-8-5-4-7-18(19)24-20(26)15-25(2)21(27)22(13-6-14-22)16-9-11-17(23)12-10-16/h4-5,7-12H,3,6,13-15H2,1-2H3. The zero-order valence-corrected chi connectivity index (χ0v) is 17.4. The van der Waals surface area contributed by atoms with Crippen molar-refractivity contribution in [1.82, 2.24) is 14.5 Å². The van der Waals surface area contributed by atoms with Crippen LogP contribution in [0.1, 0.15) is 37.6 Å². The van der Waals surface area contributed by atoms with Gasteiger partial charge in [-0.2, -0.15) is 0 Å². The normalized spacial score (nSPS) is 15.5. The molecule has 0 N–H and O–H groups in total. The summed E-state index contributed by atoms with van der Waals surface area (Å²) in [6.45, 7) is 3.49. The Hall–Kier alpha value is -2.14. The van der Waals surface area contributed by atoms with Crippen LogP contribution in [-0.4, -0.2) is 27.4 Å². The molecule has 4 nitrogen and oxygen atoms in total. The first-order chi connectivity index (χ1) is 13.0. The first kappa shape index (κ1) is 18.2. The number of rotatable bonds is 5. The number of carbonyl (C=O) groups is 1. The summed E-state index contributed by atoms with van der Waals surface area (Å²) in [6, 6.07) is 16.4. The van der Waals surface area contributed by atoms with Gasteiger partial charge in [-0.05, 0) is 49.6 Å². The largest absolute Gasteiger partial charge is 0.338 e. The van der Waals surface area contributed by atoms with Crippen molar-refractivity contribution in [2.75, 3.05) is 7.05 Å². The van der Waals surface area contributed by atoms with Crippen molar-refractivity contribution in [2.24, 2.45) is 0 Å². The van der Waals surface area contributed by atoms with Crippen molar-refractivity contribution in [3.8, 4) is 0 Å². The summed E-state index contributed by atoms with van der Waals surface area (Å²) < 4.78 is 3.24. The molecule has 2 aromatic carbocycles. The van der Waals surface area contributed by atoms with Crippen LogP contribution in [0.2, 0.25) is 0 Å². The monoisotopic (exact) mass is 425 g/mol. The van der Waals surface area contributed by atoms with Gasteiger partial charge >= 0.3 is 0 Å². The Morgan fingerprint density at radius 1 is 1.19 bits per heavy atom. The Balaban J connectivity index is 1.62. The molecule has 0 atom stereocenters. The third-order valence-corrected chi connectivity index (χ3v) is 6.32. The molecule has 1 saturated carbocycles. The lowest BCUT2D eigenvalue weighted by atomic mass is 9.63. The number of amides is 1. The minimum atomic E-state index is -0.376. The number of likely N-dealkylation sites (N-methyl/N-ethyl adjacent to an activating group) is 1. The van der Waals surface area contributed by atoms with Crippen LogP contribution in [-0.2, 0) is 23.3 Å². The molecule has 140 valence electrons. The summed E-state index contributed by atoms with van der Waals surface area (Å²) in [5.74, 6) is 1.14. The zero-order chi connectivity index (χ0) is 19.0. The fourth-order valence-electron chi connectivity index (χ4n) is 4.17. The highest BCUT2D eigenvalue weighted by molar-refractivity contribution is 9.10. The molecular formula is C22H24BrN3O. The number of benzene rings is 2. The second-order valence-corrected chi connectivity index (χ2v) is 8.28. The maximum absolute atomic E-state index is 13.4. The Kier molecular flexibility index (Phi) is 4.81. The van der Waals surface area contributed by atoms with Crippen molar-refractivity contribution in [1.29, 1.82) is 0 Å². The maximum atomic E-state index is 13.4. The lowest BCUT2D eigenvalue weighted by Gasteiger charge is -2.43. The molecule has 0 aliphatic heterocycles. The highest BCUT2D eigenvalue weighted by Crippen LogP contribution is 2.45. The van der Waals surface area contributed by atoms with Crippen LogP contribution in [0, 0.1) is 0 Å². The Labute approximate surface area is 168 Å². The van der Waals surface area contributed by atoms with Crippen molar-refractivity contribution in [3.05, 3.63) is 64.4 Å². The number of aryl methyl sites for hydroxylation is 1. The fraction of sp³-hybridized carbons (Fsp3) is 0.364. The molecule has 0 unspecified atom stereocenters. The molecular weight excluding hydrogens is 402 g/mol. The number of aromatic nitrogens is 2. The van der Waals surface area contributed by atoms with Crippen LogP contribution >= 0.6 is 15.9 Å². The maximum Gasteiger partial charge on any atom is 0.233 e. The molecule has 1 aliphatic rings. The van der Waals surface area contributed by atoms with Crippen molar-refractivity contribution >= 4 is 32.9 Å². The SMILES string of the molecule is CCn1c(CN(C)C(=O)C2(c3ccc(Br)cc3)CCC2)nc2ccccc21. The van der Waals surface area contributed by atoms with E-state index < -0.39 is 0 Å². The van der Waals surface area contributed by atoms with Crippen molar-refractivity contribution < 1.29 is 4.79 Å². The molecule has 0 saturated heterocycles. The lowest BCUT2D eigenvalue weighted by molar-refractivity contribution is -0.140. The van der Waals surface area contributed by atoms with Gasteiger partial charge < -0.3 is 9.47 Å². The minimum absolute atomic E-state index is 0.200. The van der Waals surface area contributed by atoms with Gasteiger partial charge in [0.05, 0.1) is 23.0 Å². The topological polar surface area (TPSA) is 38.1 Å². The van der Waals surface area contributed by atoms with Crippen molar-refractivity contribution in [3.63, 3.8) is 0 Å². The van der Waals surface area contributed by atoms with Gasteiger partial charge in [-0.1, -0.05) is 46.6 Å². The molecule has 0 spiro atoms. The van der Waals surface area contributed by atoms with Gasteiger partial charge in [-0.3, -0.25) is 4.79 Å².